The second-order valence-corrected chi connectivity index (χ2v) is 9.77. The lowest BCUT2D eigenvalue weighted by molar-refractivity contribution is 0.0664. The van der Waals surface area contributed by atoms with Crippen LogP contribution in [0.3, 0.4) is 0 Å². The van der Waals surface area contributed by atoms with Crippen molar-refractivity contribution in [2.45, 2.75) is 5.54 Å². The van der Waals surface area contributed by atoms with Crippen LogP contribution in [0.5, 0.6) is 0 Å². The molecule has 0 aliphatic carbocycles. The van der Waals surface area contributed by atoms with Gasteiger partial charge in [0.1, 0.15) is 11.9 Å². The largest absolute Gasteiger partial charge is 0.394 e. The Morgan fingerprint density at radius 3 is 2.44 bits per heavy atom. The highest BCUT2D eigenvalue weighted by atomic mass is 32.1. The van der Waals surface area contributed by atoms with Crippen molar-refractivity contribution in [3.05, 3.63) is 83.8 Å². The number of likely N-dealkylation sites (N-methyl/N-ethyl adjacent to an activating group) is 1. The van der Waals surface area contributed by atoms with E-state index in [9.17, 15) is 9.90 Å². The fourth-order valence-electron chi connectivity index (χ4n) is 4.32. The summed E-state index contributed by atoms with van der Waals surface area (Å²) in [6.45, 7) is 3.02. The Bertz CT molecular complexity index is 1300. The van der Waals surface area contributed by atoms with Crippen molar-refractivity contribution in [3.63, 3.8) is 0 Å². The molecule has 8 heteroatoms. The van der Waals surface area contributed by atoms with Gasteiger partial charge in [0.2, 0.25) is 0 Å². The molecule has 0 saturated carbocycles. The summed E-state index contributed by atoms with van der Waals surface area (Å²) in [4.78, 5) is 26.9. The van der Waals surface area contributed by atoms with Gasteiger partial charge in [0.15, 0.2) is 0 Å². The molecule has 1 fully saturated rings. The van der Waals surface area contributed by atoms with Crippen molar-refractivity contribution in [2.24, 2.45) is 5.73 Å². The summed E-state index contributed by atoms with van der Waals surface area (Å²) in [5.41, 5.74) is 9.43. The van der Waals surface area contributed by atoms with Crippen LogP contribution in [-0.2, 0) is 5.54 Å². The zero-order valence-corrected chi connectivity index (χ0v) is 19.8. The Kier molecular flexibility index (Phi) is 6.14. The minimum Gasteiger partial charge on any atom is -0.394 e. The third kappa shape index (κ3) is 4.10. The number of nitrogens with two attached hydrogens (primary N) is 1. The lowest BCUT2D eigenvalue weighted by Gasteiger charge is -2.32. The summed E-state index contributed by atoms with van der Waals surface area (Å²) >= 11 is 1.54. The van der Waals surface area contributed by atoms with Crippen LogP contribution in [0, 0.1) is 0 Å². The number of benzene rings is 2. The van der Waals surface area contributed by atoms with Crippen molar-refractivity contribution in [2.75, 3.05) is 39.8 Å². The Morgan fingerprint density at radius 1 is 1.06 bits per heavy atom. The van der Waals surface area contributed by atoms with E-state index >= 15 is 0 Å². The molecule has 3 heterocycles. The highest BCUT2D eigenvalue weighted by Gasteiger charge is 2.33. The topological polar surface area (TPSA) is 95.6 Å². The second-order valence-electron chi connectivity index (χ2n) is 8.72. The fourth-order valence-corrected chi connectivity index (χ4v) is 5.51. The Hall–Kier alpha value is -3.17. The van der Waals surface area contributed by atoms with Crippen molar-refractivity contribution in [3.8, 4) is 10.4 Å². The predicted octanol–water partition coefficient (Wildman–Crippen LogP) is 2.94. The molecule has 3 N–H and O–H groups in total. The zero-order valence-electron chi connectivity index (χ0n) is 19.0. The van der Waals surface area contributed by atoms with Gasteiger partial charge in [0, 0.05) is 36.6 Å². The molecule has 2 aromatic carbocycles. The van der Waals surface area contributed by atoms with Crippen molar-refractivity contribution >= 4 is 27.5 Å². The number of carbonyl (C=O) groups excluding carboxylic acids is 1. The average Bonchev–Trinajstić information content (AvgIpc) is 3.33. The minimum atomic E-state index is -1.14. The van der Waals surface area contributed by atoms with Crippen LogP contribution in [0.1, 0.15) is 21.6 Å². The zero-order chi connectivity index (χ0) is 23.7. The maximum Gasteiger partial charge on any atom is 0.253 e. The monoisotopic (exact) mass is 473 g/mol. The summed E-state index contributed by atoms with van der Waals surface area (Å²) < 4.78 is 0.843. The van der Waals surface area contributed by atoms with Crippen LogP contribution in [-0.4, -0.2) is 70.6 Å². The van der Waals surface area contributed by atoms with Gasteiger partial charge in [-0.2, -0.15) is 0 Å². The molecule has 2 aromatic heterocycles. The van der Waals surface area contributed by atoms with Crippen molar-refractivity contribution in [1.29, 1.82) is 0 Å². The summed E-state index contributed by atoms with van der Waals surface area (Å²) in [7, 11) is 2.08. The minimum absolute atomic E-state index is 0.0721. The molecular formula is C26H27N5O2S. The molecule has 1 aliphatic heterocycles. The molecule has 1 amide bonds. The van der Waals surface area contributed by atoms with Crippen LogP contribution >= 0.6 is 11.3 Å². The first-order valence-corrected chi connectivity index (χ1v) is 12.1. The molecule has 0 unspecified atom stereocenters. The van der Waals surface area contributed by atoms with Gasteiger partial charge in [-0.15, -0.1) is 11.3 Å². The number of aliphatic hydroxyl groups excluding tert-OH is 1. The quantitative estimate of drug-likeness (QED) is 0.463. The molecule has 0 radical (unpaired) electrons. The molecular weight excluding hydrogens is 446 g/mol. The molecule has 0 bridgehead atoms. The molecule has 5 rings (SSSR count). The fraction of sp³-hybridized carbons (Fsp3) is 0.269. The Balaban J connectivity index is 1.46. The molecule has 1 aliphatic rings. The van der Waals surface area contributed by atoms with Gasteiger partial charge >= 0.3 is 0 Å². The van der Waals surface area contributed by atoms with E-state index in [4.69, 9.17) is 5.73 Å². The molecule has 0 spiro atoms. The highest BCUT2D eigenvalue weighted by Crippen LogP contribution is 2.38. The van der Waals surface area contributed by atoms with Crippen LogP contribution in [0.25, 0.3) is 20.7 Å². The van der Waals surface area contributed by atoms with Gasteiger partial charge in [-0.05, 0) is 36.4 Å². The van der Waals surface area contributed by atoms with E-state index < -0.39 is 5.54 Å². The average molecular weight is 474 g/mol. The maximum absolute atomic E-state index is 12.9. The number of piperazine rings is 1. The van der Waals surface area contributed by atoms with Gasteiger partial charge in [-0.1, -0.05) is 42.5 Å². The van der Waals surface area contributed by atoms with Gasteiger partial charge in [0.05, 0.1) is 22.5 Å². The predicted molar refractivity (Wildman–Crippen MR) is 135 cm³/mol. The maximum atomic E-state index is 12.9. The number of carbonyl (C=O) groups is 1. The van der Waals surface area contributed by atoms with Gasteiger partial charge < -0.3 is 20.6 Å². The van der Waals surface area contributed by atoms with Gasteiger partial charge in [-0.3, -0.25) is 4.79 Å². The molecule has 7 nitrogen and oxygen atoms in total. The van der Waals surface area contributed by atoms with E-state index in [1.54, 1.807) is 0 Å². The van der Waals surface area contributed by atoms with Crippen LogP contribution in [0.4, 0.5) is 0 Å². The second kappa shape index (κ2) is 9.23. The van der Waals surface area contributed by atoms with E-state index in [0.717, 1.165) is 52.4 Å². The number of fused-ring (bicyclic) bond motifs is 1. The SMILES string of the molecule is CN1CCN(C(=O)c2ccc(-c3cc4ncnc([C@](N)(CO)c5ccccc5)c4s3)cc2)CC1. The first kappa shape index (κ1) is 22.6. The van der Waals surface area contributed by atoms with E-state index in [2.05, 4.69) is 21.9 Å². The number of hydrogen-bond acceptors (Lipinski definition) is 7. The lowest BCUT2D eigenvalue weighted by atomic mass is 9.88. The molecule has 174 valence electrons. The highest BCUT2D eigenvalue weighted by molar-refractivity contribution is 7.22. The van der Waals surface area contributed by atoms with Crippen LogP contribution < -0.4 is 5.73 Å². The summed E-state index contributed by atoms with van der Waals surface area (Å²) in [6.07, 6.45) is 1.49. The van der Waals surface area contributed by atoms with E-state index in [0.29, 0.717) is 11.3 Å². The molecule has 34 heavy (non-hydrogen) atoms. The van der Waals surface area contributed by atoms with Crippen molar-refractivity contribution < 1.29 is 9.90 Å². The number of aromatic nitrogens is 2. The van der Waals surface area contributed by atoms with E-state index in [-0.39, 0.29) is 12.5 Å². The number of rotatable bonds is 5. The van der Waals surface area contributed by atoms with Crippen LogP contribution in [0.15, 0.2) is 67.0 Å². The standard InChI is InChI=1S/C26H27N5O2S/c1-30-11-13-31(14-12-30)25(33)19-9-7-18(8-10-19)22-15-21-23(34-22)24(29-17-28-21)26(27,16-32)20-5-3-2-4-6-20/h2-10,15,17,32H,11-14,16,27H2,1H3/t26-/m0/s1. The first-order valence-electron chi connectivity index (χ1n) is 11.3. The van der Waals surface area contributed by atoms with E-state index in [1.807, 2.05) is 65.6 Å². The third-order valence-corrected chi connectivity index (χ3v) is 7.66. The summed E-state index contributed by atoms with van der Waals surface area (Å²) in [6, 6.07) is 19.2. The lowest BCUT2D eigenvalue weighted by Crippen LogP contribution is -2.47. The number of thiophene rings is 1. The Morgan fingerprint density at radius 2 is 1.76 bits per heavy atom. The number of nitrogens with zero attached hydrogens (tertiary/aromatic N) is 4. The van der Waals surface area contributed by atoms with Crippen LogP contribution in [0.2, 0.25) is 0 Å². The molecule has 1 saturated heterocycles. The first-order chi connectivity index (χ1) is 16.5. The van der Waals surface area contributed by atoms with Crippen molar-refractivity contribution in [1.82, 2.24) is 19.8 Å². The van der Waals surface area contributed by atoms with Gasteiger partial charge in [0.25, 0.3) is 5.91 Å². The number of hydrogen-bond donors (Lipinski definition) is 2. The van der Waals surface area contributed by atoms with Gasteiger partial charge in [-0.25, -0.2) is 9.97 Å². The summed E-state index contributed by atoms with van der Waals surface area (Å²) in [5, 5.41) is 10.3. The third-order valence-electron chi connectivity index (χ3n) is 6.48. The Labute approximate surface area is 202 Å². The number of aliphatic hydroxyl groups is 1. The molecule has 1 atom stereocenters. The summed E-state index contributed by atoms with van der Waals surface area (Å²) in [5.74, 6) is 0.0721. The smallest absolute Gasteiger partial charge is 0.253 e. The van der Waals surface area contributed by atoms with E-state index in [1.165, 1.54) is 17.7 Å². The number of amides is 1. The molecule has 4 aromatic rings. The normalized spacial score (nSPS) is 16.5.